The molecule has 0 aliphatic rings. The zero-order valence-electron chi connectivity index (χ0n) is 15.1. The van der Waals surface area contributed by atoms with Crippen molar-refractivity contribution in [3.8, 4) is 0 Å². The highest BCUT2D eigenvalue weighted by atomic mass is 19.1. The van der Waals surface area contributed by atoms with Gasteiger partial charge >= 0.3 is 0 Å². The highest BCUT2D eigenvalue weighted by Crippen LogP contribution is 2.17. The van der Waals surface area contributed by atoms with E-state index in [-0.39, 0.29) is 11.6 Å². The fourth-order valence-corrected chi connectivity index (χ4v) is 2.51. The minimum absolute atomic E-state index is 0.231. The first-order valence-electron chi connectivity index (χ1n) is 8.84. The predicted octanol–water partition coefficient (Wildman–Crippen LogP) is 7.14. The summed E-state index contributed by atoms with van der Waals surface area (Å²) in [7, 11) is 0. The van der Waals surface area contributed by atoms with E-state index in [4.69, 9.17) is 0 Å². The number of para-hydroxylation sites is 2. The zero-order chi connectivity index (χ0) is 19.6. The topological polar surface area (TPSA) is 24.1 Å². The van der Waals surface area contributed by atoms with E-state index in [0.717, 1.165) is 22.7 Å². The molecule has 140 valence electrons. The standard InChI is InChI=1S/2C12H10FN/c2*13-10-5-4-8-12(9-10)14-11-6-2-1-3-7-11/h2*1-9,14H. The molecule has 2 N–H and O–H groups in total. The first-order chi connectivity index (χ1) is 13.7. The van der Waals surface area contributed by atoms with Gasteiger partial charge in [-0.3, -0.25) is 0 Å². The Labute approximate surface area is 163 Å². The van der Waals surface area contributed by atoms with E-state index in [1.165, 1.54) is 24.3 Å². The van der Waals surface area contributed by atoms with Crippen molar-refractivity contribution >= 4 is 22.7 Å². The summed E-state index contributed by atoms with van der Waals surface area (Å²) in [5.41, 5.74) is 3.43. The summed E-state index contributed by atoms with van der Waals surface area (Å²) in [6.07, 6.45) is 0. The average Bonchev–Trinajstić information content (AvgIpc) is 2.70. The van der Waals surface area contributed by atoms with Gasteiger partial charge in [-0.05, 0) is 60.7 Å². The third-order valence-electron chi connectivity index (χ3n) is 3.77. The Morgan fingerprint density at radius 2 is 0.750 bits per heavy atom. The van der Waals surface area contributed by atoms with Crippen LogP contribution in [0.2, 0.25) is 0 Å². The van der Waals surface area contributed by atoms with Crippen LogP contribution in [-0.2, 0) is 0 Å². The number of hydrogen-bond acceptors (Lipinski definition) is 2. The lowest BCUT2D eigenvalue weighted by Gasteiger charge is -2.05. The molecular weight excluding hydrogens is 354 g/mol. The van der Waals surface area contributed by atoms with Gasteiger partial charge in [0.05, 0.1) is 0 Å². The van der Waals surface area contributed by atoms with E-state index in [1.54, 1.807) is 12.1 Å². The molecule has 0 aliphatic carbocycles. The Balaban J connectivity index is 0.000000161. The van der Waals surface area contributed by atoms with E-state index in [1.807, 2.05) is 72.8 Å². The molecule has 0 saturated carbocycles. The lowest BCUT2D eigenvalue weighted by atomic mass is 10.2. The molecule has 0 unspecified atom stereocenters. The van der Waals surface area contributed by atoms with Crippen molar-refractivity contribution in [1.29, 1.82) is 0 Å². The molecular formula is C24H20F2N2. The summed E-state index contributed by atoms with van der Waals surface area (Å²) in [5, 5.41) is 6.21. The Bertz CT molecular complexity index is 906. The quantitative estimate of drug-likeness (QED) is 0.397. The van der Waals surface area contributed by atoms with E-state index in [2.05, 4.69) is 10.6 Å². The summed E-state index contributed by atoms with van der Waals surface area (Å²) >= 11 is 0. The molecule has 0 heterocycles. The molecule has 0 bridgehead atoms. The molecule has 28 heavy (non-hydrogen) atoms. The highest BCUT2D eigenvalue weighted by Gasteiger charge is 1.95. The molecule has 0 amide bonds. The highest BCUT2D eigenvalue weighted by molar-refractivity contribution is 5.59. The van der Waals surface area contributed by atoms with Gasteiger partial charge in [0.25, 0.3) is 0 Å². The fraction of sp³-hybridized carbons (Fsp3) is 0. The molecule has 4 aromatic rings. The maximum absolute atomic E-state index is 12.8. The van der Waals surface area contributed by atoms with E-state index in [9.17, 15) is 8.78 Å². The number of benzene rings is 4. The van der Waals surface area contributed by atoms with Crippen molar-refractivity contribution in [3.05, 3.63) is 121 Å². The van der Waals surface area contributed by atoms with Crippen molar-refractivity contribution in [2.75, 3.05) is 10.6 Å². The van der Waals surface area contributed by atoms with Crippen molar-refractivity contribution in [3.63, 3.8) is 0 Å². The largest absolute Gasteiger partial charge is 0.355 e. The average molecular weight is 374 g/mol. The molecule has 4 heteroatoms. The van der Waals surface area contributed by atoms with Crippen LogP contribution in [0.5, 0.6) is 0 Å². The predicted molar refractivity (Wildman–Crippen MR) is 112 cm³/mol. The summed E-state index contributed by atoms with van der Waals surface area (Å²) in [5.74, 6) is -0.461. The summed E-state index contributed by atoms with van der Waals surface area (Å²) in [6, 6.07) is 32.2. The number of hydrogen-bond donors (Lipinski definition) is 2. The molecule has 4 rings (SSSR count). The Hall–Kier alpha value is -3.66. The number of nitrogens with one attached hydrogen (secondary N) is 2. The van der Waals surface area contributed by atoms with Crippen molar-refractivity contribution < 1.29 is 8.78 Å². The smallest absolute Gasteiger partial charge is 0.125 e. The van der Waals surface area contributed by atoms with Crippen LogP contribution in [0.3, 0.4) is 0 Å². The van der Waals surface area contributed by atoms with Crippen molar-refractivity contribution in [2.45, 2.75) is 0 Å². The summed E-state index contributed by atoms with van der Waals surface area (Å²) in [6.45, 7) is 0. The van der Waals surface area contributed by atoms with E-state index in [0.29, 0.717) is 0 Å². The fourth-order valence-electron chi connectivity index (χ4n) is 2.51. The minimum atomic E-state index is -0.231. The number of halogens is 2. The SMILES string of the molecule is Fc1cccc(Nc2ccccc2)c1.Fc1cccc(Nc2ccccc2)c1. The maximum atomic E-state index is 12.8. The van der Waals surface area contributed by atoms with Crippen LogP contribution in [0, 0.1) is 11.6 Å². The van der Waals surface area contributed by atoms with Gasteiger partial charge < -0.3 is 10.6 Å². The second-order valence-corrected chi connectivity index (χ2v) is 6.00. The monoisotopic (exact) mass is 374 g/mol. The normalized spacial score (nSPS) is 9.79. The van der Waals surface area contributed by atoms with Crippen molar-refractivity contribution in [2.24, 2.45) is 0 Å². The summed E-state index contributed by atoms with van der Waals surface area (Å²) < 4.78 is 25.7. The molecule has 4 aromatic carbocycles. The zero-order valence-corrected chi connectivity index (χ0v) is 15.1. The molecule has 0 saturated heterocycles. The van der Waals surface area contributed by atoms with E-state index < -0.39 is 0 Å². The van der Waals surface area contributed by atoms with E-state index >= 15 is 0 Å². The van der Waals surface area contributed by atoms with Crippen LogP contribution in [-0.4, -0.2) is 0 Å². The summed E-state index contributed by atoms with van der Waals surface area (Å²) in [4.78, 5) is 0. The van der Waals surface area contributed by atoms with Gasteiger partial charge in [-0.15, -0.1) is 0 Å². The van der Waals surface area contributed by atoms with Crippen LogP contribution < -0.4 is 10.6 Å². The molecule has 0 fully saturated rings. The van der Waals surface area contributed by atoms with Crippen LogP contribution in [0.15, 0.2) is 109 Å². The van der Waals surface area contributed by atoms with Crippen LogP contribution in [0.25, 0.3) is 0 Å². The number of rotatable bonds is 4. The van der Waals surface area contributed by atoms with Gasteiger partial charge in [0.1, 0.15) is 11.6 Å². The third kappa shape index (κ3) is 6.25. The molecule has 0 aromatic heterocycles. The van der Waals surface area contributed by atoms with Gasteiger partial charge in [-0.1, -0.05) is 48.5 Å². The maximum Gasteiger partial charge on any atom is 0.125 e. The van der Waals surface area contributed by atoms with Crippen LogP contribution >= 0.6 is 0 Å². The van der Waals surface area contributed by atoms with Gasteiger partial charge in [-0.25, -0.2) is 8.78 Å². The Morgan fingerprint density at radius 3 is 1.11 bits per heavy atom. The minimum Gasteiger partial charge on any atom is -0.355 e. The molecule has 0 spiro atoms. The molecule has 0 radical (unpaired) electrons. The van der Waals surface area contributed by atoms with Gasteiger partial charge in [-0.2, -0.15) is 0 Å². The van der Waals surface area contributed by atoms with Gasteiger partial charge in [0.2, 0.25) is 0 Å². The van der Waals surface area contributed by atoms with Crippen LogP contribution in [0.4, 0.5) is 31.5 Å². The Morgan fingerprint density at radius 1 is 0.393 bits per heavy atom. The van der Waals surface area contributed by atoms with Crippen molar-refractivity contribution in [1.82, 2.24) is 0 Å². The first kappa shape index (κ1) is 19.1. The van der Waals surface area contributed by atoms with Crippen LogP contribution in [0.1, 0.15) is 0 Å². The Kier molecular flexibility index (Phi) is 6.74. The van der Waals surface area contributed by atoms with Gasteiger partial charge in [0, 0.05) is 22.7 Å². The first-order valence-corrected chi connectivity index (χ1v) is 8.84. The molecule has 0 aliphatic heterocycles. The lowest BCUT2D eigenvalue weighted by molar-refractivity contribution is 0.628. The molecule has 0 atom stereocenters. The lowest BCUT2D eigenvalue weighted by Crippen LogP contribution is -1.89. The second-order valence-electron chi connectivity index (χ2n) is 6.00. The van der Waals surface area contributed by atoms with Gasteiger partial charge in [0.15, 0.2) is 0 Å². The third-order valence-corrected chi connectivity index (χ3v) is 3.77. The second kappa shape index (κ2) is 9.88. The molecule has 2 nitrogen and oxygen atoms in total. The number of anilines is 4.